The molecule has 2 aromatic carbocycles. The number of benzene rings is 2. The van der Waals surface area contributed by atoms with Crippen molar-refractivity contribution in [2.45, 2.75) is 43.5 Å². The van der Waals surface area contributed by atoms with Gasteiger partial charge in [0.25, 0.3) is 0 Å². The highest BCUT2D eigenvalue weighted by Crippen LogP contribution is 2.24. The molecule has 1 atom stereocenters. The van der Waals surface area contributed by atoms with Crippen molar-refractivity contribution in [1.82, 2.24) is 10.0 Å². The fraction of sp³-hybridized carbons (Fsp3) is 0.333. The second kappa shape index (κ2) is 9.32. The topological polar surface area (TPSA) is 99.1 Å². The molecule has 0 heterocycles. The van der Waals surface area contributed by atoms with Crippen LogP contribution in [0.3, 0.4) is 0 Å². The fourth-order valence-corrected chi connectivity index (χ4v) is 3.67. The maximum absolute atomic E-state index is 13.2. The van der Waals surface area contributed by atoms with E-state index in [1.807, 2.05) is 18.2 Å². The zero-order valence-electron chi connectivity index (χ0n) is 16.9. The summed E-state index contributed by atoms with van der Waals surface area (Å²) in [5, 5.41) is 11.9. The lowest BCUT2D eigenvalue weighted by Crippen LogP contribution is -2.32. The predicted octanol–water partition coefficient (Wildman–Crippen LogP) is 3.31. The van der Waals surface area contributed by atoms with E-state index in [9.17, 15) is 27.3 Å². The van der Waals surface area contributed by atoms with Crippen molar-refractivity contribution in [3.05, 3.63) is 65.2 Å². The van der Waals surface area contributed by atoms with Gasteiger partial charge < -0.3 is 5.32 Å². The Labute approximate surface area is 175 Å². The summed E-state index contributed by atoms with van der Waals surface area (Å²) in [6.07, 6.45) is -0.235. The lowest BCUT2D eigenvalue weighted by Gasteiger charge is -2.20. The molecule has 0 fully saturated rings. The van der Waals surface area contributed by atoms with Gasteiger partial charge in [0.05, 0.1) is 11.0 Å². The number of halogens is 2. The number of nitrogens with zero attached hydrogens (tertiary/aromatic N) is 1. The van der Waals surface area contributed by atoms with E-state index in [4.69, 9.17) is 0 Å². The van der Waals surface area contributed by atoms with Crippen molar-refractivity contribution in [1.29, 1.82) is 5.26 Å². The van der Waals surface area contributed by atoms with Gasteiger partial charge in [0.1, 0.15) is 6.04 Å². The minimum atomic E-state index is -4.10. The smallest absolute Gasteiger partial charge is 0.240 e. The van der Waals surface area contributed by atoms with E-state index in [-0.39, 0.29) is 18.4 Å². The molecule has 2 aromatic rings. The van der Waals surface area contributed by atoms with E-state index >= 15 is 0 Å². The van der Waals surface area contributed by atoms with Crippen LogP contribution in [0, 0.1) is 23.0 Å². The van der Waals surface area contributed by atoms with Crippen LogP contribution < -0.4 is 10.0 Å². The van der Waals surface area contributed by atoms with Crippen LogP contribution in [0.5, 0.6) is 0 Å². The first kappa shape index (κ1) is 23.4. The second-order valence-electron chi connectivity index (χ2n) is 7.73. The number of carbonyl (C=O) groups excluding carboxylic acids is 1. The van der Waals surface area contributed by atoms with E-state index in [0.717, 1.165) is 11.6 Å². The highest BCUT2D eigenvalue weighted by atomic mass is 32.2. The number of nitriles is 1. The van der Waals surface area contributed by atoms with Crippen molar-refractivity contribution in [2.75, 3.05) is 6.54 Å². The number of nitrogens with one attached hydrogen (secondary N) is 2. The minimum absolute atomic E-state index is 0.0471. The van der Waals surface area contributed by atoms with E-state index in [1.54, 1.807) is 12.1 Å². The molecule has 0 radical (unpaired) electrons. The van der Waals surface area contributed by atoms with E-state index in [2.05, 4.69) is 30.8 Å². The molecule has 0 bridgehead atoms. The van der Waals surface area contributed by atoms with E-state index in [0.29, 0.717) is 17.7 Å². The number of rotatable bonds is 7. The first-order chi connectivity index (χ1) is 13.9. The summed E-state index contributed by atoms with van der Waals surface area (Å²) in [7, 11) is -4.10. The molecule has 0 spiro atoms. The summed E-state index contributed by atoms with van der Waals surface area (Å²) in [5.74, 6) is -2.98. The van der Waals surface area contributed by atoms with Crippen LogP contribution in [0.1, 0.15) is 44.4 Å². The molecule has 0 aliphatic rings. The van der Waals surface area contributed by atoms with Crippen LogP contribution in [0.15, 0.2) is 47.4 Å². The van der Waals surface area contributed by atoms with Crippen LogP contribution in [-0.2, 0) is 20.2 Å². The Morgan fingerprint density at radius 1 is 1.10 bits per heavy atom. The fourth-order valence-electron chi connectivity index (χ4n) is 2.63. The molecule has 0 saturated heterocycles. The van der Waals surface area contributed by atoms with Crippen molar-refractivity contribution in [2.24, 2.45) is 0 Å². The lowest BCUT2D eigenvalue weighted by molar-refractivity contribution is -0.121. The van der Waals surface area contributed by atoms with Gasteiger partial charge in [0.15, 0.2) is 11.6 Å². The number of amides is 1. The summed E-state index contributed by atoms with van der Waals surface area (Å²) in [5.41, 5.74) is 1.65. The highest BCUT2D eigenvalue weighted by Gasteiger charge is 2.19. The van der Waals surface area contributed by atoms with Gasteiger partial charge in [-0.15, -0.1) is 0 Å². The maximum atomic E-state index is 13.2. The van der Waals surface area contributed by atoms with Gasteiger partial charge in [-0.05, 0) is 34.7 Å². The molecule has 160 valence electrons. The van der Waals surface area contributed by atoms with Crippen LogP contribution in [0.25, 0.3) is 0 Å². The third kappa shape index (κ3) is 6.08. The SMILES string of the molecule is CC(C)(C)c1ccc(C(C#N)NC(=O)CCNS(=O)(=O)c2ccc(F)c(F)c2)cc1. The molecule has 30 heavy (non-hydrogen) atoms. The number of hydrogen-bond donors (Lipinski definition) is 2. The number of sulfonamides is 1. The number of hydrogen-bond acceptors (Lipinski definition) is 4. The van der Waals surface area contributed by atoms with Crippen molar-refractivity contribution < 1.29 is 22.0 Å². The molecular formula is C21H23F2N3O3S. The first-order valence-corrected chi connectivity index (χ1v) is 10.7. The minimum Gasteiger partial charge on any atom is -0.337 e. The van der Waals surface area contributed by atoms with Gasteiger partial charge in [-0.25, -0.2) is 21.9 Å². The molecule has 1 unspecified atom stereocenters. The van der Waals surface area contributed by atoms with Crippen LogP contribution in [-0.4, -0.2) is 20.9 Å². The van der Waals surface area contributed by atoms with Crippen molar-refractivity contribution in [3.63, 3.8) is 0 Å². The molecule has 0 saturated carbocycles. The maximum Gasteiger partial charge on any atom is 0.240 e. The molecule has 0 aliphatic carbocycles. The standard InChI is InChI=1S/C21H23F2N3O3S/c1-21(2,3)15-6-4-14(5-7-15)19(13-24)26-20(27)10-11-25-30(28,29)16-8-9-17(22)18(23)12-16/h4-9,12,19,25H,10-11H2,1-3H3,(H,26,27). The quantitative estimate of drug-likeness (QED) is 0.697. The van der Waals surface area contributed by atoms with Gasteiger partial charge in [-0.1, -0.05) is 45.0 Å². The largest absolute Gasteiger partial charge is 0.337 e. The Morgan fingerprint density at radius 3 is 2.27 bits per heavy atom. The zero-order chi connectivity index (χ0) is 22.5. The molecule has 0 aliphatic heterocycles. The summed E-state index contributed by atoms with van der Waals surface area (Å²) in [4.78, 5) is 11.7. The molecule has 1 amide bonds. The zero-order valence-corrected chi connectivity index (χ0v) is 17.7. The summed E-state index contributed by atoms with van der Waals surface area (Å²) in [6.45, 7) is 5.92. The van der Waals surface area contributed by atoms with Gasteiger partial charge in [-0.2, -0.15) is 5.26 Å². The Bertz CT molecular complexity index is 1060. The Morgan fingerprint density at radius 2 is 1.73 bits per heavy atom. The summed E-state index contributed by atoms with van der Waals surface area (Å²) < 4.78 is 52.5. The molecule has 9 heteroatoms. The van der Waals surface area contributed by atoms with Gasteiger partial charge in [0.2, 0.25) is 15.9 Å². The normalized spacial score (nSPS) is 12.8. The Hall–Kier alpha value is -2.83. The van der Waals surface area contributed by atoms with Crippen LogP contribution in [0.2, 0.25) is 0 Å². The van der Waals surface area contributed by atoms with Crippen LogP contribution in [0.4, 0.5) is 8.78 Å². The second-order valence-corrected chi connectivity index (χ2v) is 9.49. The average Bonchev–Trinajstić information content (AvgIpc) is 2.67. The van der Waals surface area contributed by atoms with Gasteiger partial charge >= 0.3 is 0 Å². The first-order valence-electron chi connectivity index (χ1n) is 9.18. The predicted molar refractivity (Wildman–Crippen MR) is 108 cm³/mol. The molecule has 2 N–H and O–H groups in total. The third-order valence-corrected chi connectivity index (χ3v) is 5.85. The van der Waals surface area contributed by atoms with Gasteiger partial charge in [0, 0.05) is 13.0 Å². The van der Waals surface area contributed by atoms with Crippen molar-refractivity contribution >= 4 is 15.9 Å². The summed E-state index contributed by atoms with van der Waals surface area (Å²) in [6, 6.07) is 10.6. The molecular weight excluding hydrogens is 412 g/mol. The summed E-state index contributed by atoms with van der Waals surface area (Å²) >= 11 is 0. The van der Waals surface area contributed by atoms with E-state index in [1.165, 1.54) is 0 Å². The molecule has 2 rings (SSSR count). The Kier molecular flexibility index (Phi) is 7.29. The average molecular weight is 435 g/mol. The highest BCUT2D eigenvalue weighted by molar-refractivity contribution is 7.89. The molecule has 6 nitrogen and oxygen atoms in total. The Balaban J connectivity index is 1.94. The van der Waals surface area contributed by atoms with Crippen LogP contribution >= 0.6 is 0 Å². The molecule has 0 aromatic heterocycles. The van der Waals surface area contributed by atoms with Gasteiger partial charge in [-0.3, -0.25) is 4.79 Å². The number of carbonyl (C=O) groups is 1. The third-order valence-electron chi connectivity index (χ3n) is 4.39. The lowest BCUT2D eigenvalue weighted by atomic mass is 9.86. The van der Waals surface area contributed by atoms with E-state index < -0.39 is 38.5 Å². The van der Waals surface area contributed by atoms with Crippen molar-refractivity contribution in [3.8, 4) is 6.07 Å². The monoisotopic (exact) mass is 435 g/mol.